The molecule has 0 fully saturated rings. The van der Waals surface area contributed by atoms with Gasteiger partial charge in [0.1, 0.15) is 0 Å². The molecule has 114 valence electrons. The van der Waals surface area contributed by atoms with Crippen LogP contribution in [0.5, 0.6) is 0 Å². The molecule has 22 heavy (non-hydrogen) atoms. The summed E-state index contributed by atoms with van der Waals surface area (Å²) in [4.78, 5) is 9.48. The van der Waals surface area contributed by atoms with Gasteiger partial charge in [0.2, 0.25) is 5.95 Å². The average Bonchev–Trinajstić information content (AvgIpc) is 2.43. The smallest absolute Gasteiger partial charge is 0.261 e. The highest BCUT2D eigenvalue weighted by Crippen LogP contribution is 2.22. The number of sulfonamides is 1. The molecule has 1 aliphatic rings. The van der Waals surface area contributed by atoms with Crippen molar-refractivity contribution in [3.05, 3.63) is 41.7 Å². The third kappa shape index (κ3) is 2.58. The first kappa shape index (κ1) is 14.6. The Hall–Kier alpha value is -2.32. The predicted octanol–water partition coefficient (Wildman–Crippen LogP) is 0.410. The highest BCUT2D eigenvalue weighted by molar-refractivity contribution is 7.90. The number of hydrogen-bond acceptors (Lipinski definition) is 5. The Bertz CT molecular complexity index is 856. The van der Waals surface area contributed by atoms with E-state index in [1.165, 1.54) is 0 Å². The van der Waals surface area contributed by atoms with Gasteiger partial charge in [-0.1, -0.05) is 16.5 Å². The molecular weight excluding hydrogens is 302 g/mol. The third-order valence-electron chi connectivity index (χ3n) is 3.35. The van der Waals surface area contributed by atoms with E-state index in [1.807, 2.05) is 27.0 Å². The van der Waals surface area contributed by atoms with Gasteiger partial charge in [0.25, 0.3) is 10.0 Å². The van der Waals surface area contributed by atoms with Crippen molar-refractivity contribution in [1.82, 2.24) is 9.97 Å². The minimum atomic E-state index is -3.72. The lowest BCUT2D eigenvalue weighted by Crippen LogP contribution is -3.09. The van der Waals surface area contributed by atoms with Crippen molar-refractivity contribution in [2.45, 2.75) is 18.7 Å². The number of benzene rings is 1. The molecule has 0 saturated carbocycles. The van der Waals surface area contributed by atoms with Gasteiger partial charge in [-0.15, -0.1) is 0 Å². The molecule has 0 spiro atoms. The van der Waals surface area contributed by atoms with Crippen LogP contribution in [0.2, 0.25) is 0 Å². The zero-order valence-electron chi connectivity index (χ0n) is 12.5. The number of nitrogens with zero attached hydrogens (tertiary/aromatic N) is 3. The first-order valence-corrected chi connectivity index (χ1v) is 8.18. The maximum Gasteiger partial charge on any atom is 0.323 e. The Labute approximate surface area is 128 Å². The second-order valence-electron chi connectivity index (χ2n) is 5.14. The third-order valence-corrected chi connectivity index (χ3v) is 4.68. The lowest BCUT2D eigenvalue weighted by molar-refractivity contribution is -0.707. The second kappa shape index (κ2) is 5.15. The molecule has 1 atom stereocenters. The van der Waals surface area contributed by atoms with Crippen molar-refractivity contribution in [1.29, 1.82) is 0 Å². The summed E-state index contributed by atoms with van der Waals surface area (Å²) in [6.07, 6.45) is 0. The van der Waals surface area contributed by atoms with Crippen LogP contribution >= 0.6 is 0 Å². The Kier molecular flexibility index (Phi) is 3.42. The van der Waals surface area contributed by atoms with Crippen LogP contribution in [-0.2, 0) is 10.0 Å². The fourth-order valence-electron chi connectivity index (χ4n) is 2.37. The molecule has 0 bridgehead atoms. The maximum absolute atomic E-state index is 12.3. The van der Waals surface area contributed by atoms with Crippen molar-refractivity contribution < 1.29 is 13.3 Å². The molecule has 0 amide bonds. The van der Waals surface area contributed by atoms with E-state index in [2.05, 4.69) is 19.7 Å². The van der Waals surface area contributed by atoms with E-state index in [0.29, 0.717) is 11.6 Å². The van der Waals surface area contributed by atoms with Gasteiger partial charge in [-0.3, -0.25) is 5.32 Å². The molecule has 2 aromatic rings. The maximum atomic E-state index is 12.3. The van der Waals surface area contributed by atoms with Gasteiger partial charge in [0.05, 0.1) is 7.05 Å². The summed E-state index contributed by atoms with van der Waals surface area (Å²) in [6.45, 7) is 3.70. The monoisotopic (exact) mass is 318 g/mol. The van der Waals surface area contributed by atoms with Crippen molar-refractivity contribution in [2.24, 2.45) is 4.40 Å². The number of nitrogens with one attached hydrogen (secondary N) is 2. The first-order valence-electron chi connectivity index (χ1n) is 6.74. The Morgan fingerprint density at radius 3 is 2.41 bits per heavy atom. The number of aryl methyl sites for hydroxylation is 2. The van der Waals surface area contributed by atoms with Crippen molar-refractivity contribution in [3.63, 3.8) is 0 Å². The molecule has 1 aliphatic heterocycles. The van der Waals surface area contributed by atoms with Gasteiger partial charge in [-0.2, -0.15) is 8.42 Å². The quantitative estimate of drug-likeness (QED) is 0.795. The topological polar surface area (TPSA) is 88.8 Å². The van der Waals surface area contributed by atoms with Crippen LogP contribution in [0.1, 0.15) is 11.4 Å². The van der Waals surface area contributed by atoms with E-state index in [4.69, 9.17) is 0 Å². The number of aromatic nitrogens is 2. The molecule has 2 N–H and O–H groups in total. The van der Waals surface area contributed by atoms with Crippen LogP contribution in [0.25, 0.3) is 0 Å². The molecule has 1 unspecified atom stereocenters. The van der Waals surface area contributed by atoms with Gasteiger partial charge in [0.15, 0.2) is 10.6 Å². The number of fused-ring (bicyclic) bond motifs is 1. The first-order chi connectivity index (χ1) is 10.4. The van der Waals surface area contributed by atoms with Crippen LogP contribution in [0.15, 0.2) is 39.6 Å². The zero-order chi connectivity index (χ0) is 15.9. The van der Waals surface area contributed by atoms with Crippen molar-refractivity contribution in [2.75, 3.05) is 12.4 Å². The van der Waals surface area contributed by atoms with E-state index < -0.39 is 10.0 Å². The molecule has 2 heterocycles. The second-order valence-corrected chi connectivity index (χ2v) is 6.71. The highest BCUT2D eigenvalue weighted by Gasteiger charge is 2.33. The summed E-state index contributed by atoms with van der Waals surface area (Å²) in [5.74, 6) is 0.592. The molecule has 1 aromatic carbocycles. The molecule has 0 radical (unpaired) electrons. The molecule has 7 nitrogen and oxygen atoms in total. The van der Waals surface area contributed by atoms with E-state index in [-0.39, 0.29) is 10.9 Å². The fourth-order valence-corrected chi connectivity index (χ4v) is 3.64. The Balaban J connectivity index is 2.04. The van der Waals surface area contributed by atoms with Gasteiger partial charge in [-0.25, -0.2) is 14.9 Å². The summed E-state index contributed by atoms with van der Waals surface area (Å²) < 4.78 is 28.4. The van der Waals surface area contributed by atoms with Crippen LogP contribution in [-0.4, -0.2) is 31.4 Å². The summed E-state index contributed by atoms with van der Waals surface area (Å²) in [5, 5.41) is 2.92. The number of hydrogen-bond donors (Lipinski definition) is 2. The lowest BCUT2D eigenvalue weighted by atomic mass is 10.3. The van der Waals surface area contributed by atoms with Crippen LogP contribution in [0, 0.1) is 13.8 Å². The number of para-hydroxylation sites is 1. The van der Waals surface area contributed by atoms with Crippen molar-refractivity contribution >= 4 is 27.6 Å². The largest absolute Gasteiger partial charge is 0.323 e. The fraction of sp³-hybridized carbons (Fsp3) is 0.214. The summed E-state index contributed by atoms with van der Waals surface area (Å²) >= 11 is 0. The van der Waals surface area contributed by atoms with E-state index >= 15 is 0 Å². The molecule has 1 aromatic heterocycles. The normalized spacial score (nSPS) is 19.2. The molecular formula is C14H16N5O2S+. The lowest BCUT2D eigenvalue weighted by Gasteiger charge is -2.21. The zero-order valence-corrected chi connectivity index (χ0v) is 13.3. The SMILES string of the molecule is Cc1cc(C)nc(NC2=NS(=O)(=O)c3ccccc3[NH+]2C)n1. The summed E-state index contributed by atoms with van der Waals surface area (Å²) in [5.41, 5.74) is 2.24. The minimum absolute atomic E-state index is 0.222. The number of anilines is 1. The van der Waals surface area contributed by atoms with Crippen LogP contribution in [0.4, 0.5) is 11.6 Å². The van der Waals surface area contributed by atoms with E-state index in [0.717, 1.165) is 16.3 Å². The predicted molar refractivity (Wildman–Crippen MR) is 82.7 cm³/mol. The van der Waals surface area contributed by atoms with Crippen LogP contribution in [0.3, 0.4) is 0 Å². The Morgan fingerprint density at radius 2 is 1.73 bits per heavy atom. The number of rotatable bonds is 1. The molecule has 0 saturated heterocycles. The van der Waals surface area contributed by atoms with Gasteiger partial charge in [0, 0.05) is 17.5 Å². The average molecular weight is 318 g/mol. The van der Waals surface area contributed by atoms with Gasteiger partial charge >= 0.3 is 5.96 Å². The molecule has 8 heteroatoms. The van der Waals surface area contributed by atoms with E-state index in [1.54, 1.807) is 24.3 Å². The Morgan fingerprint density at radius 1 is 1.09 bits per heavy atom. The van der Waals surface area contributed by atoms with Crippen LogP contribution < -0.4 is 10.2 Å². The van der Waals surface area contributed by atoms with E-state index in [9.17, 15) is 8.42 Å². The van der Waals surface area contributed by atoms with Gasteiger partial charge < -0.3 is 0 Å². The minimum Gasteiger partial charge on any atom is -0.261 e. The number of quaternary nitrogens is 1. The van der Waals surface area contributed by atoms with Crippen molar-refractivity contribution in [3.8, 4) is 0 Å². The summed E-state index contributed by atoms with van der Waals surface area (Å²) in [7, 11) is -1.89. The molecule has 3 rings (SSSR count). The number of guanidine groups is 1. The van der Waals surface area contributed by atoms with Gasteiger partial charge in [-0.05, 0) is 26.0 Å². The standard InChI is InChI=1S/C14H15N5O2S/c1-9-8-10(2)16-13(15-9)17-14-18-22(20,21)12-7-5-4-6-11(12)19(14)3/h4-8H,1-3H3,(H,15,16,17,18)/p+1. The summed E-state index contributed by atoms with van der Waals surface area (Å²) in [6, 6.07) is 8.65. The highest BCUT2D eigenvalue weighted by atomic mass is 32.2. The molecule has 0 aliphatic carbocycles.